The molecule has 158 valence electrons. The number of aliphatic hydroxyl groups is 1. The molecule has 6 nitrogen and oxygen atoms in total. The summed E-state index contributed by atoms with van der Waals surface area (Å²) >= 11 is 0. The second-order valence-electron chi connectivity index (χ2n) is 7.09. The van der Waals surface area contributed by atoms with Crippen LogP contribution in [-0.4, -0.2) is 48.4 Å². The van der Waals surface area contributed by atoms with Gasteiger partial charge in [0.1, 0.15) is 36.6 Å². The lowest BCUT2D eigenvalue weighted by molar-refractivity contribution is 0.0743. The summed E-state index contributed by atoms with van der Waals surface area (Å²) in [5.41, 5.74) is 2.04. The van der Waals surface area contributed by atoms with E-state index in [4.69, 9.17) is 14.2 Å². The van der Waals surface area contributed by atoms with Gasteiger partial charge in [-0.2, -0.15) is 0 Å². The summed E-state index contributed by atoms with van der Waals surface area (Å²) in [6.07, 6.45) is 1.16. The number of aromatic nitrogens is 1. The minimum Gasteiger partial charge on any atom is -0.497 e. The highest BCUT2D eigenvalue weighted by atomic mass is 16.5. The van der Waals surface area contributed by atoms with E-state index in [9.17, 15) is 5.11 Å². The molecular weight excluding hydrogens is 380 g/mol. The van der Waals surface area contributed by atoms with Gasteiger partial charge in [-0.25, -0.2) is 0 Å². The van der Waals surface area contributed by atoms with Crippen LogP contribution in [0, 0.1) is 0 Å². The standard InChI is InChI=1S/C24H28N2O4/c1-26(16-21(27)18-30-24-8-5-7-23(14-24)28-2)15-19-9-11-22(12-10-19)29-17-20-6-3-4-13-25-20/h3-14,21,27H,15-18H2,1-2H3. The van der Waals surface area contributed by atoms with Gasteiger partial charge in [-0.15, -0.1) is 0 Å². The Bertz CT molecular complexity index is 887. The molecule has 0 radical (unpaired) electrons. The maximum atomic E-state index is 10.3. The van der Waals surface area contributed by atoms with E-state index in [0.29, 0.717) is 18.9 Å². The van der Waals surface area contributed by atoms with Gasteiger partial charge in [0.05, 0.1) is 12.8 Å². The first-order chi connectivity index (χ1) is 14.6. The Morgan fingerprint density at radius 3 is 2.47 bits per heavy atom. The van der Waals surface area contributed by atoms with Crippen LogP contribution < -0.4 is 14.2 Å². The highest BCUT2D eigenvalue weighted by molar-refractivity contribution is 5.32. The van der Waals surface area contributed by atoms with Gasteiger partial charge in [0.2, 0.25) is 0 Å². The van der Waals surface area contributed by atoms with Crippen LogP contribution in [0.4, 0.5) is 0 Å². The van der Waals surface area contributed by atoms with E-state index in [-0.39, 0.29) is 6.61 Å². The molecule has 1 heterocycles. The fraction of sp³-hybridized carbons (Fsp3) is 0.292. The number of ether oxygens (including phenoxy) is 3. The second kappa shape index (κ2) is 11.2. The number of methoxy groups -OCH3 is 1. The quantitative estimate of drug-likeness (QED) is 0.524. The van der Waals surface area contributed by atoms with Crippen molar-refractivity contribution >= 4 is 0 Å². The third kappa shape index (κ3) is 7.06. The molecule has 6 heteroatoms. The Hall–Kier alpha value is -3.09. The zero-order chi connectivity index (χ0) is 21.2. The Morgan fingerprint density at radius 1 is 0.933 bits per heavy atom. The Balaban J connectivity index is 1.40. The molecule has 1 unspecified atom stereocenters. The van der Waals surface area contributed by atoms with E-state index < -0.39 is 6.10 Å². The van der Waals surface area contributed by atoms with Crippen LogP contribution in [0.2, 0.25) is 0 Å². The number of rotatable bonds is 11. The van der Waals surface area contributed by atoms with Crippen LogP contribution >= 0.6 is 0 Å². The topological polar surface area (TPSA) is 64.0 Å². The molecule has 0 aliphatic carbocycles. The van der Waals surface area contributed by atoms with Crippen LogP contribution in [0.25, 0.3) is 0 Å². The highest BCUT2D eigenvalue weighted by Gasteiger charge is 2.10. The molecule has 3 aromatic rings. The Kier molecular flexibility index (Phi) is 8.06. The molecule has 2 aromatic carbocycles. The van der Waals surface area contributed by atoms with Gasteiger partial charge >= 0.3 is 0 Å². The minimum absolute atomic E-state index is 0.220. The summed E-state index contributed by atoms with van der Waals surface area (Å²) in [6, 6.07) is 21.1. The van der Waals surface area contributed by atoms with Gasteiger partial charge < -0.3 is 19.3 Å². The van der Waals surface area contributed by atoms with Crippen LogP contribution in [0.3, 0.4) is 0 Å². The fourth-order valence-electron chi connectivity index (χ4n) is 3.00. The lowest BCUT2D eigenvalue weighted by Gasteiger charge is -2.21. The number of hydrogen-bond donors (Lipinski definition) is 1. The zero-order valence-electron chi connectivity index (χ0n) is 17.4. The molecule has 0 bridgehead atoms. The number of hydrogen-bond acceptors (Lipinski definition) is 6. The summed E-state index contributed by atoms with van der Waals surface area (Å²) in [7, 11) is 3.59. The highest BCUT2D eigenvalue weighted by Crippen LogP contribution is 2.19. The molecule has 1 N–H and O–H groups in total. The molecule has 30 heavy (non-hydrogen) atoms. The van der Waals surface area contributed by atoms with E-state index in [0.717, 1.165) is 29.3 Å². The van der Waals surface area contributed by atoms with Crippen LogP contribution in [0.15, 0.2) is 72.9 Å². The monoisotopic (exact) mass is 408 g/mol. The molecule has 0 saturated carbocycles. The lowest BCUT2D eigenvalue weighted by atomic mass is 10.2. The molecule has 0 saturated heterocycles. The van der Waals surface area contributed by atoms with Crippen molar-refractivity contribution in [3.05, 3.63) is 84.2 Å². The van der Waals surface area contributed by atoms with E-state index in [2.05, 4.69) is 9.88 Å². The van der Waals surface area contributed by atoms with Crippen LogP contribution in [0.5, 0.6) is 17.2 Å². The van der Waals surface area contributed by atoms with E-state index in [1.165, 1.54) is 0 Å². The summed E-state index contributed by atoms with van der Waals surface area (Å²) in [4.78, 5) is 6.31. The summed E-state index contributed by atoms with van der Waals surface area (Å²) in [5, 5.41) is 10.3. The average Bonchev–Trinajstić information content (AvgIpc) is 2.78. The van der Waals surface area contributed by atoms with Gasteiger partial charge in [-0.05, 0) is 49.0 Å². The Morgan fingerprint density at radius 2 is 1.73 bits per heavy atom. The van der Waals surface area contributed by atoms with Crippen molar-refractivity contribution in [2.75, 3.05) is 27.3 Å². The van der Waals surface area contributed by atoms with Crippen molar-refractivity contribution in [2.45, 2.75) is 19.3 Å². The molecule has 3 rings (SSSR count). The third-order valence-electron chi connectivity index (χ3n) is 4.49. The van der Waals surface area contributed by atoms with Crippen molar-refractivity contribution in [2.24, 2.45) is 0 Å². The largest absolute Gasteiger partial charge is 0.497 e. The zero-order valence-corrected chi connectivity index (χ0v) is 17.4. The van der Waals surface area contributed by atoms with Crippen molar-refractivity contribution in [1.82, 2.24) is 9.88 Å². The van der Waals surface area contributed by atoms with Crippen LogP contribution in [-0.2, 0) is 13.2 Å². The van der Waals surface area contributed by atoms with Gasteiger partial charge in [-0.1, -0.05) is 24.3 Å². The average molecular weight is 408 g/mol. The lowest BCUT2D eigenvalue weighted by Crippen LogP contribution is -2.32. The maximum absolute atomic E-state index is 10.3. The fourth-order valence-corrected chi connectivity index (χ4v) is 3.00. The second-order valence-corrected chi connectivity index (χ2v) is 7.09. The number of aliphatic hydroxyl groups excluding tert-OH is 1. The van der Waals surface area contributed by atoms with Crippen molar-refractivity contribution in [3.8, 4) is 17.2 Å². The molecule has 0 fully saturated rings. The molecular formula is C24H28N2O4. The number of pyridine rings is 1. The Labute approximate surface area is 177 Å². The maximum Gasteiger partial charge on any atom is 0.130 e. The molecule has 1 atom stereocenters. The van der Waals surface area contributed by atoms with E-state index in [1.807, 2.05) is 67.7 Å². The first-order valence-corrected chi connectivity index (χ1v) is 9.87. The molecule has 0 amide bonds. The van der Waals surface area contributed by atoms with Gasteiger partial charge in [0.15, 0.2) is 0 Å². The molecule has 0 spiro atoms. The summed E-state index contributed by atoms with van der Waals surface area (Å²) < 4.78 is 16.6. The van der Waals surface area contributed by atoms with Gasteiger partial charge in [0, 0.05) is 25.4 Å². The van der Waals surface area contributed by atoms with Crippen molar-refractivity contribution < 1.29 is 19.3 Å². The predicted molar refractivity (Wildman–Crippen MR) is 116 cm³/mol. The normalized spacial score (nSPS) is 11.9. The number of benzene rings is 2. The minimum atomic E-state index is -0.595. The third-order valence-corrected chi connectivity index (χ3v) is 4.49. The van der Waals surface area contributed by atoms with Gasteiger partial charge in [0.25, 0.3) is 0 Å². The molecule has 0 aliphatic rings. The first-order valence-electron chi connectivity index (χ1n) is 9.87. The van der Waals surface area contributed by atoms with E-state index in [1.54, 1.807) is 19.4 Å². The van der Waals surface area contributed by atoms with Crippen LogP contribution in [0.1, 0.15) is 11.3 Å². The SMILES string of the molecule is COc1cccc(OCC(O)CN(C)Cc2ccc(OCc3ccccn3)cc2)c1. The molecule has 0 aliphatic heterocycles. The summed E-state index contributed by atoms with van der Waals surface area (Å²) in [5.74, 6) is 2.21. The van der Waals surface area contributed by atoms with E-state index >= 15 is 0 Å². The first kappa shape index (κ1) is 21.6. The van der Waals surface area contributed by atoms with Gasteiger partial charge in [-0.3, -0.25) is 9.88 Å². The summed E-state index contributed by atoms with van der Waals surface area (Å²) in [6.45, 7) is 1.88. The predicted octanol–water partition coefficient (Wildman–Crippen LogP) is 3.54. The number of nitrogens with zero attached hydrogens (tertiary/aromatic N) is 2. The molecule has 1 aromatic heterocycles. The number of likely N-dealkylation sites (N-methyl/N-ethyl adjacent to an activating group) is 1. The smallest absolute Gasteiger partial charge is 0.130 e. The van der Waals surface area contributed by atoms with Crippen molar-refractivity contribution in [1.29, 1.82) is 0 Å². The van der Waals surface area contributed by atoms with Crippen molar-refractivity contribution in [3.63, 3.8) is 0 Å².